The predicted molar refractivity (Wildman–Crippen MR) is 42.9 cm³/mol. The molecule has 0 aliphatic carbocycles. The van der Waals surface area contributed by atoms with Crippen LogP contribution in [0.4, 0.5) is 0 Å². The second kappa shape index (κ2) is 5.68. The van der Waals surface area contributed by atoms with E-state index in [2.05, 4.69) is 0 Å². The monoisotopic (exact) mass is 169 g/mol. The third-order valence-corrected chi connectivity index (χ3v) is 2.39. The first kappa shape index (κ1) is 16.5. The van der Waals surface area contributed by atoms with Crippen LogP contribution in [0.25, 0.3) is 0 Å². The van der Waals surface area contributed by atoms with E-state index in [1.165, 1.54) is 6.92 Å². The van der Waals surface area contributed by atoms with Gasteiger partial charge in [-0.1, -0.05) is 21.8 Å². The van der Waals surface area contributed by atoms with E-state index >= 15 is 0 Å². The Morgan fingerprint density at radius 3 is 1.70 bits per heavy atom. The fraction of sp³-hybridized carbons (Fsp3) is 1.00. The minimum Gasteiger partial charge on any atom is -0.748 e. The minimum absolute atomic E-state index is 0. The summed E-state index contributed by atoms with van der Waals surface area (Å²) in [4.78, 5) is 0. The molecule has 0 aliphatic heterocycles. The lowest BCUT2D eigenvalue weighted by atomic mass is 10.4. The van der Waals surface area contributed by atoms with E-state index < -0.39 is 15.4 Å². The van der Waals surface area contributed by atoms with Crippen LogP contribution in [0, 0.1) is 0 Å². The summed E-state index contributed by atoms with van der Waals surface area (Å²) < 4.78 is 30.0. The Hall–Kier alpha value is -0.0900. The van der Waals surface area contributed by atoms with Gasteiger partial charge in [-0.25, -0.2) is 8.42 Å². The topological polar surface area (TPSA) is 57.2 Å². The molecule has 0 aromatic carbocycles. The quantitative estimate of drug-likeness (QED) is 0.590. The summed E-state index contributed by atoms with van der Waals surface area (Å²) >= 11 is 0. The molecule has 0 saturated carbocycles. The smallest absolute Gasteiger partial charge is 0.0972 e. The molecule has 1 unspecified atom stereocenters. The summed E-state index contributed by atoms with van der Waals surface area (Å²) in [5.41, 5.74) is 0. The molecule has 0 radical (unpaired) electrons. The van der Waals surface area contributed by atoms with E-state index in [1.54, 1.807) is 6.92 Å². The average Bonchev–Trinajstić information content (AvgIpc) is 1.62. The standard InChI is InChI=1S/C4H10O3S.2CH4/c1-3-4(2)8(5,6)7;;/h4H,3H2,1-2H3,(H,5,6,7);2*1H4/p-1. The van der Waals surface area contributed by atoms with Crippen molar-refractivity contribution in [1.29, 1.82) is 0 Å². The summed E-state index contributed by atoms with van der Waals surface area (Å²) in [6.45, 7) is 3.07. The Kier molecular flexibility index (Phi) is 9.35. The Balaban J connectivity index is -0.000000245. The van der Waals surface area contributed by atoms with Crippen LogP contribution in [0.15, 0.2) is 0 Å². The Morgan fingerprint density at radius 2 is 1.70 bits per heavy atom. The van der Waals surface area contributed by atoms with Crippen LogP contribution >= 0.6 is 0 Å². The summed E-state index contributed by atoms with van der Waals surface area (Å²) in [5, 5.41) is -0.734. The van der Waals surface area contributed by atoms with Crippen molar-refractivity contribution in [2.45, 2.75) is 40.4 Å². The molecular formula is C6H17O3S-. The number of hydrogen-bond acceptors (Lipinski definition) is 3. The second-order valence-electron chi connectivity index (χ2n) is 1.71. The molecule has 0 N–H and O–H groups in total. The Bertz CT molecular complexity index is 148. The lowest BCUT2D eigenvalue weighted by Gasteiger charge is -2.12. The maximum Gasteiger partial charge on any atom is 0.0972 e. The van der Waals surface area contributed by atoms with Crippen LogP contribution in [-0.2, 0) is 10.1 Å². The van der Waals surface area contributed by atoms with Crippen LogP contribution in [0.2, 0.25) is 0 Å². The van der Waals surface area contributed by atoms with E-state index in [4.69, 9.17) is 0 Å². The van der Waals surface area contributed by atoms with E-state index in [0.717, 1.165) is 0 Å². The first-order valence-corrected chi connectivity index (χ1v) is 3.90. The van der Waals surface area contributed by atoms with Crippen LogP contribution in [0.1, 0.15) is 35.1 Å². The van der Waals surface area contributed by atoms with Crippen molar-refractivity contribution in [1.82, 2.24) is 0 Å². The first-order valence-electron chi connectivity index (χ1n) is 2.43. The zero-order valence-electron chi connectivity index (χ0n) is 4.92. The molecular weight excluding hydrogens is 152 g/mol. The fourth-order valence-corrected chi connectivity index (χ4v) is 0.612. The zero-order chi connectivity index (χ0) is 6.78. The van der Waals surface area contributed by atoms with Crippen LogP contribution in [0.5, 0.6) is 0 Å². The minimum atomic E-state index is -4.00. The second-order valence-corrected chi connectivity index (χ2v) is 3.50. The van der Waals surface area contributed by atoms with E-state index in [-0.39, 0.29) is 14.9 Å². The molecule has 0 spiro atoms. The van der Waals surface area contributed by atoms with Gasteiger partial charge in [-0.05, 0) is 13.3 Å². The Morgan fingerprint density at radius 1 is 1.40 bits per heavy atom. The normalized spacial score (nSPS) is 12.7. The van der Waals surface area contributed by atoms with Crippen molar-refractivity contribution in [3.8, 4) is 0 Å². The van der Waals surface area contributed by atoms with Crippen LogP contribution in [0.3, 0.4) is 0 Å². The van der Waals surface area contributed by atoms with Crippen LogP contribution < -0.4 is 0 Å². The van der Waals surface area contributed by atoms with E-state index in [0.29, 0.717) is 6.42 Å². The molecule has 0 rings (SSSR count). The molecule has 0 fully saturated rings. The zero-order valence-corrected chi connectivity index (χ0v) is 5.73. The molecule has 1 atom stereocenters. The highest BCUT2D eigenvalue weighted by atomic mass is 32.2. The third-order valence-electron chi connectivity index (χ3n) is 1.07. The van der Waals surface area contributed by atoms with Gasteiger partial charge in [0, 0.05) is 5.25 Å². The highest BCUT2D eigenvalue weighted by Gasteiger charge is 2.04. The molecule has 4 heteroatoms. The summed E-state index contributed by atoms with van der Waals surface area (Å²) in [7, 11) is -4.00. The van der Waals surface area contributed by atoms with Crippen molar-refractivity contribution in [2.24, 2.45) is 0 Å². The maximum absolute atomic E-state index is 10.0. The molecule has 0 amide bonds. The summed E-state index contributed by atoms with van der Waals surface area (Å²) in [5.74, 6) is 0. The van der Waals surface area contributed by atoms with Gasteiger partial charge in [-0.2, -0.15) is 0 Å². The number of hydrogen-bond donors (Lipinski definition) is 0. The van der Waals surface area contributed by atoms with Gasteiger partial charge in [-0.3, -0.25) is 0 Å². The van der Waals surface area contributed by atoms with E-state index in [9.17, 15) is 13.0 Å². The summed E-state index contributed by atoms with van der Waals surface area (Å²) in [6, 6.07) is 0. The van der Waals surface area contributed by atoms with Gasteiger partial charge >= 0.3 is 0 Å². The van der Waals surface area contributed by atoms with Gasteiger partial charge < -0.3 is 4.55 Å². The molecule has 0 aromatic heterocycles. The largest absolute Gasteiger partial charge is 0.748 e. The van der Waals surface area contributed by atoms with Crippen molar-refractivity contribution in [3.05, 3.63) is 0 Å². The maximum atomic E-state index is 10.0. The summed E-state index contributed by atoms with van der Waals surface area (Å²) in [6.07, 6.45) is 0.395. The van der Waals surface area contributed by atoms with Crippen molar-refractivity contribution in [3.63, 3.8) is 0 Å². The molecule has 10 heavy (non-hydrogen) atoms. The molecule has 0 heterocycles. The van der Waals surface area contributed by atoms with Gasteiger partial charge in [0.05, 0.1) is 10.1 Å². The van der Waals surface area contributed by atoms with Crippen LogP contribution in [-0.4, -0.2) is 18.2 Å². The average molecular weight is 169 g/mol. The fourth-order valence-electron chi connectivity index (χ4n) is 0.204. The molecule has 66 valence electrons. The van der Waals surface area contributed by atoms with Gasteiger partial charge in [0.1, 0.15) is 0 Å². The van der Waals surface area contributed by atoms with Crippen molar-refractivity contribution < 1.29 is 13.0 Å². The Labute approximate surface area is 64.2 Å². The SMILES string of the molecule is C.C.CCC(C)S(=O)(=O)[O-]. The predicted octanol–water partition coefficient (Wildman–Crippen LogP) is 1.60. The van der Waals surface area contributed by atoms with Gasteiger partial charge in [0.2, 0.25) is 0 Å². The lowest BCUT2D eigenvalue weighted by molar-refractivity contribution is 0.449. The van der Waals surface area contributed by atoms with E-state index in [1.807, 2.05) is 0 Å². The van der Waals surface area contributed by atoms with Gasteiger partial charge in [0.25, 0.3) is 0 Å². The molecule has 3 nitrogen and oxygen atoms in total. The first-order chi connectivity index (χ1) is 3.48. The highest BCUT2D eigenvalue weighted by molar-refractivity contribution is 7.86. The van der Waals surface area contributed by atoms with Gasteiger partial charge in [0.15, 0.2) is 0 Å². The molecule has 0 aliphatic rings. The number of rotatable bonds is 2. The third kappa shape index (κ3) is 6.04. The molecule has 0 bridgehead atoms. The van der Waals surface area contributed by atoms with Crippen molar-refractivity contribution in [2.75, 3.05) is 0 Å². The highest BCUT2D eigenvalue weighted by Crippen LogP contribution is 1.99. The molecule has 0 aromatic rings. The lowest BCUT2D eigenvalue weighted by Crippen LogP contribution is -2.14. The van der Waals surface area contributed by atoms with Gasteiger partial charge in [-0.15, -0.1) is 0 Å². The molecule has 0 saturated heterocycles. The van der Waals surface area contributed by atoms with Crippen molar-refractivity contribution >= 4 is 10.1 Å².